The van der Waals surface area contributed by atoms with Crippen molar-refractivity contribution >= 4 is 55.7 Å². The quantitative estimate of drug-likeness (QED) is 0.211. The summed E-state index contributed by atoms with van der Waals surface area (Å²) in [7, 11) is 3.71. The molecule has 4 aromatic heterocycles. The fraction of sp³-hybridized carbons (Fsp3) is 0.324. The average Bonchev–Trinajstić information content (AvgIpc) is 3.83. The van der Waals surface area contributed by atoms with Crippen LogP contribution in [0.3, 0.4) is 0 Å². The topological polar surface area (TPSA) is 157 Å². The summed E-state index contributed by atoms with van der Waals surface area (Å²) in [6.07, 6.45) is 0. The van der Waals surface area contributed by atoms with E-state index in [1.165, 1.54) is 0 Å². The zero-order valence-corrected chi connectivity index (χ0v) is 32.2. The molecule has 6 aromatic rings. The van der Waals surface area contributed by atoms with Crippen molar-refractivity contribution in [2.45, 2.75) is 67.7 Å². The largest absolute Gasteiger partial charge is 0.366 e. The van der Waals surface area contributed by atoms with E-state index in [1.807, 2.05) is 86.6 Å². The van der Waals surface area contributed by atoms with E-state index < -0.39 is 11.8 Å². The summed E-state index contributed by atoms with van der Waals surface area (Å²) in [5, 5.41) is 8.87. The number of nitrogens with two attached hydrogens (primary N) is 1. The van der Waals surface area contributed by atoms with E-state index in [-0.39, 0.29) is 5.91 Å². The standard InChI is InChI=1S/C37H42BrN11O3/c1-9-48-30(15-23(5)42-48)34(51)40-36-44(7)27-13-11-12-14-28(27)46(36)19-21(3)22(4)20-47-32-26(38)17-25(33(39)50)18-29(32)45(8)37(47)41-35(52)31-16-24(6)43-49(31)10-2/h11-18H,9-10,19-20H2,1-8H3,(H2,39,50)/b22-21+,40-36?,41-37?. The number of hydrogen-bond donors (Lipinski definition) is 1. The minimum Gasteiger partial charge on any atom is -0.366 e. The van der Waals surface area contributed by atoms with Gasteiger partial charge < -0.3 is 24.0 Å². The normalized spacial score (nSPS) is 13.1. The molecule has 0 spiro atoms. The number of nitrogens with zero attached hydrogens (tertiary/aromatic N) is 10. The number of halogens is 1. The Bertz CT molecular complexity index is 2600. The zero-order chi connectivity index (χ0) is 37.6. The van der Waals surface area contributed by atoms with Crippen LogP contribution in [0.5, 0.6) is 0 Å². The molecule has 0 aliphatic rings. The molecule has 2 N–H and O–H groups in total. The Balaban J connectivity index is 1.50. The number of primary amides is 1. The number of rotatable bonds is 9. The molecule has 0 bridgehead atoms. The molecule has 52 heavy (non-hydrogen) atoms. The first kappa shape index (κ1) is 36.2. The molecule has 3 amide bonds. The van der Waals surface area contributed by atoms with Gasteiger partial charge >= 0.3 is 0 Å². The first-order valence-corrected chi connectivity index (χ1v) is 17.8. The van der Waals surface area contributed by atoms with Gasteiger partial charge in [0.15, 0.2) is 0 Å². The van der Waals surface area contributed by atoms with Gasteiger partial charge in [0.2, 0.25) is 17.1 Å². The molecule has 0 atom stereocenters. The van der Waals surface area contributed by atoms with Gasteiger partial charge in [-0.05, 0) is 93.9 Å². The highest BCUT2D eigenvalue weighted by Crippen LogP contribution is 2.27. The van der Waals surface area contributed by atoms with Crippen LogP contribution in [0.15, 0.2) is 74.1 Å². The molecule has 0 aliphatic carbocycles. The summed E-state index contributed by atoms with van der Waals surface area (Å²) >= 11 is 3.67. The van der Waals surface area contributed by atoms with E-state index in [0.717, 1.165) is 39.1 Å². The predicted molar refractivity (Wildman–Crippen MR) is 201 cm³/mol. The second-order valence-corrected chi connectivity index (χ2v) is 13.8. The lowest BCUT2D eigenvalue weighted by Gasteiger charge is -2.13. The summed E-state index contributed by atoms with van der Waals surface area (Å²) in [5.41, 5.74) is 14.5. The number of fused-ring (bicyclic) bond motifs is 2. The molecule has 0 fully saturated rings. The van der Waals surface area contributed by atoms with Crippen molar-refractivity contribution in [3.05, 3.63) is 104 Å². The minimum absolute atomic E-state index is 0.323. The summed E-state index contributed by atoms with van der Waals surface area (Å²) < 4.78 is 11.6. The second kappa shape index (κ2) is 14.2. The average molecular weight is 769 g/mol. The third kappa shape index (κ3) is 6.51. The maximum atomic E-state index is 13.7. The van der Waals surface area contributed by atoms with Gasteiger partial charge in [0.25, 0.3) is 11.8 Å². The van der Waals surface area contributed by atoms with Crippen LogP contribution in [0.1, 0.15) is 70.4 Å². The van der Waals surface area contributed by atoms with E-state index in [4.69, 9.17) is 5.73 Å². The van der Waals surface area contributed by atoms with Gasteiger partial charge in [-0.3, -0.25) is 23.7 Å². The molecule has 0 saturated heterocycles. The number of aromatic nitrogens is 8. The number of allylic oxidation sites excluding steroid dienone is 2. The number of amides is 3. The summed E-state index contributed by atoms with van der Waals surface area (Å²) in [4.78, 5) is 48.8. The minimum atomic E-state index is -0.569. The summed E-state index contributed by atoms with van der Waals surface area (Å²) in [5.74, 6) is -1.38. The van der Waals surface area contributed by atoms with Crippen LogP contribution in [0, 0.1) is 13.8 Å². The van der Waals surface area contributed by atoms with Crippen molar-refractivity contribution in [1.29, 1.82) is 0 Å². The molecule has 2 aromatic carbocycles. The monoisotopic (exact) mass is 767 g/mol. The fourth-order valence-electron chi connectivity index (χ4n) is 6.55. The van der Waals surface area contributed by atoms with Gasteiger partial charge in [0.05, 0.1) is 33.5 Å². The summed E-state index contributed by atoms with van der Waals surface area (Å²) in [6, 6.07) is 14.8. The second-order valence-electron chi connectivity index (χ2n) is 12.9. The van der Waals surface area contributed by atoms with Gasteiger partial charge in [-0.15, -0.1) is 0 Å². The van der Waals surface area contributed by atoms with Crippen LogP contribution in [0.25, 0.3) is 22.1 Å². The lowest BCUT2D eigenvalue weighted by molar-refractivity contribution is 0.0977. The van der Waals surface area contributed by atoms with Gasteiger partial charge in [-0.2, -0.15) is 20.2 Å². The van der Waals surface area contributed by atoms with E-state index in [0.29, 0.717) is 64.4 Å². The zero-order valence-electron chi connectivity index (χ0n) is 30.6. The molecular weight excluding hydrogens is 726 g/mol. The molecule has 6 rings (SSSR count). The Labute approximate surface area is 308 Å². The molecule has 0 unspecified atom stereocenters. The first-order chi connectivity index (χ1) is 24.7. The Morgan fingerprint density at radius 2 is 1.21 bits per heavy atom. The molecule has 15 heteroatoms. The van der Waals surface area contributed by atoms with E-state index >= 15 is 0 Å². The number of benzene rings is 2. The lowest BCUT2D eigenvalue weighted by atomic mass is 10.1. The molecule has 4 heterocycles. The molecule has 0 aliphatic heterocycles. The van der Waals surface area contributed by atoms with Crippen LogP contribution in [-0.2, 0) is 40.3 Å². The third-order valence-electron chi connectivity index (χ3n) is 9.34. The van der Waals surface area contributed by atoms with Crippen LogP contribution >= 0.6 is 15.9 Å². The molecule has 270 valence electrons. The maximum absolute atomic E-state index is 13.7. The van der Waals surface area contributed by atoms with Crippen molar-refractivity contribution in [2.75, 3.05) is 0 Å². The Hall–Kier alpha value is -5.57. The van der Waals surface area contributed by atoms with Gasteiger partial charge in [0, 0.05) is 50.3 Å². The van der Waals surface area contributed by atoms with E-state index in [1.54, 1.807) is 45.2 Å². The summed E-state index contributed by atoms with van der Waals surface area (Å²) in [6.45, 7) is 13.5. The number of imidazole rings is 2. The number of carbonyl (C=O) groups is 3. The lowest BCUT2D eigenvalue weighted by Crippen LogP contribution is -2.28. The van der Waals surface area contributed by atoms with E-state index in [9.17, 15) is 14.4 Å². The van der Waals surface area contributed by atoms with Crippen LogP contribution in [0.4, 0.5) is 0 Å². The van der Waals surface area contributed by atoms with Crippen molar-refractivity contribution in [2.24, 2.45) is 29.8 Å². The van der Waals surface area contributed by atoms with Crippen molar-refractivity contribution in [3.8, 4) is 0 Å². The highest BCUT2D eigenvalue weighted by molar-refractivity contribution is 9.10. The highest BCUT2D eigenvalue weighted by atomic mass is 79.9. The van der Waals surface area contributed by atoms with E-state index in [2.05, 4.69) is 36.1 Å². The number of carbonyl (C=O) groups excluding carboxylic acids is 3. The molecule has 0 saturated carbocycles. The van der Waals surface area contributed by atoms with Gasteiger partial charge in [-0.25, -0.2) is 0 Å². The first-order valence-electron chi connectivity index (χ1n) is 17.0. The van der Waals surface area contributed by atoms with Crippen LogP contribution < -0.4 is 17.0 Å². The highest BCUT2D eigenvalue weighted by Gasteiger charge is 2.20. The Morgan fingerprint density at radius 1 is 0.731 bits per heavy atom. The Kier molecular flexibility index (Phi) is 9.90. The SMILES string of the molecule is CCn1nc(C)cc1C(=O)N=c1n(C)c2ccccc2n1C/C(C)=C(\C)Cn1c(=NC(=O)c2cc(C)nn2CC)n(C)c2cc(C(N)=O)cc(Br)c21. The third-order valence-corrected chi connectivity index (χ3v) is 9.94. The van der Waals surface area contributed by atoms with Gasteiger partial charge in [-0.1, -0.05) is 23.3 Å². The predicted octanol–water partition coefficient (Wildman–Crippen LogP) is 4.70. The fourth-order valence-corrected chi connectivity index (χ4v) is 7.21. The van der Waals surface area contributed by atoms with Crippen LogP contribution in [-0.4, -0.2) is 55.6 Å². The van der Waals surface area contributed by atoms with Crippen molar-refractivity contribution < 1.29 is 14.4 Å². The maximum Gasteiger partial charge on any atom is 0.298 e. The van der Waals surface area contributed by atoms with Crippen molar-refractivity contribution in [3.63, 3.8) is 0 Å². The Morgan fingerprint density at radius 3 is 1.73 bits per heavy atom. The smallest absolute Gasteiger partial charge is 0.298 e. The number of para-hydroxylation sites is 2. The number of hydrogen-bond acceptors (Lipinski definition) is 5. The van der Waals surface area contributed by atoms with Gasteiger partial charge in [0.1, 0.15) is 11.4 Å². The van der Waals surface area contributed by atoms with Crippen LogP contribution in [0.2, 0.25) is 0 Å². The molecular formula is C37H42BrN11O3. The molecule has 0 radical (unpaired) electrons. The number of aryl methyl sites for hydroxylation is 6. The van der Waals surface area contributed by atoms with Crippen molar-refractivity contribution in [1.82, 2.24) is 37.8 Å². The molecule has 14 nitrogen and oxygen atoms in total.